The molecule has 1 heterocycles. The number of rotatable bonds is 5. The van der Waals surface area contributed by atoms with Crippen LogP contribution in [-0.2, 0) is 0 Å². The predicted molar refractivity (Wildman–Crippen MR) is 91.2 cm³/mol. The smallest absolute Gasteiger partial charge is 0.274 e. The highest BCUT2D eigenvalue weighted by Gasteiger charge is 2.23. The average Bonchev–Trinajstić information content (AvgIpc) is 2.85. The maximum Gasteiger partial charge on any atom is 0.274 e. The van der Waals surface area contributed by atoms with E-state index in [-0.39, 0.29) is 18.5 Å². The van der Waals surface area contributed by atoms with E-state index in [1.165, 1.54) is 0 Å². The number of aliphatic hydroxyl groups excluding tert-OH is 1. The molecule has 0 saturated heterocycles. The quantitative estimate of drug-likeness (QED) is 0.913. The molecule has 1 amide bonds. The number of aryl methyl sites for hydroxylation is 1. The molecule has 0 aliphatic carbocycles. The van der Waals surface area contributed by atoms with E-state index < -0.39 is 6.10 Å². The van der Waals surface area contributed by atoms with Gasteiger partial charge in [-0.1, -0.05) is 17.7 Å². The summed E-state index contributed by atoms with van der Waals surface area (Å²) in [5, 5.41) is 14.6. The summed E-state index contributed by atoms with van der Waals surface area (Å²) < 4.78 is 1.69. The van der Waals surface area contributed by atoms with Crippen molar-refractivity contribution < 1.29 is 9.90 Å². The maximum atomic E-state index is 12.7. The number of aromatic nitrogens is 2. The number of carbonyl (C=O) groups is 1. The highest BCUT2D eigenvalue weighted by atomic mass is 35.5. The zero-order chi connectivity index (χ0) is 17.1. The number of amides is 1. The van der Waals surface area contributed by atoms with Crippen molar-refractivity contribution in [2.45, 2.75) is 39.8 Å². The SMILES string of the molecule is Cc1cc(C(=O)N(CC(C)O)C(C)C)nn1-c1cccc(Cl)c1. The fourth-order valence-electron chi connectivity index (χ4n) is 2.41. The molecule has 1 N–H and O–H groups in total. The Kier molecular flexibility index (Phi) is 5.44. The average molecular weight is 336 g/mol. The van der Waals surface area contributed by atoms with Gasteiger partial charge >= 0.3 is 0 Å². The van der Waals surface area contributed by atoms with Crippen LogP contribution in [0.25, 0.3) is 5.69 Å². The Morgan fingerprint density at radius 3 is 2.61 bits per heavy atom. The van der Waals surface area contributed by atoms with Crippen molar-refractivity contribution in [3.8, 4) is 5.69 Å². The fourth-order valence-corrected chi connectivity index (χ4v) is 2.59. The normalized spacial score (nSPS) is 12.5. The van der Waals surface area contributed by atoms with Crippen molar-refractivity contribution in [2.75, 3.05) is 6.54 Å². The molecule has 0 fully saturated rings. The van der Waals surface area contributed by atoms with Gasteiger partial charge in [0, 0.05) is 23.3 Å². The summed E-state index contributed by atoms with van der Waals surface area (Å²) in [6.45, 7) is 7.67. The zero-order valence-corrected chi connectivity index (χ0v) is 14.6. The summed E-state index contributed by atoms with van der Waals surface area (Å²) in [6, 6.07) is 9.05. The second kappa shape index (κ2) is 7.15. The second-order valence-electron chi connectivity index (χ2n) is 5.96. The molecule has 124 valence electrons. The van der Waals surface area contributed by atoms with Crippen LogP contribution in [-0.4, -0.2) is 44.4 Å². The van der Waals surface area contributed by atoms with E-state index in [9.17, 15) is 9.90 Å². The van der Waals surface area contributed by atoms with Gasteiger partial charge in [-0.3, -0.25) is 4.79 Å². The minimum atomic E-state index is -0.586. The van der Waals surface area contributed by atoms with Crippen LogP contribution in [0.1, 0.15) is 37.0 Å². The number of hydrogen-bond acceptors (Lipinski definition) is 3. The first-order valence-corrected chi connectivity index (χ1v) is 7.99. The number of halogens is 1. The van der Waals surface area contributed by atoms with Crippen molar-refractivity contribution in [1.29, 1.82) is 0 Å². The Morgan fingerprint density at radius 2 is 2.04 bits per heavy atom. The lowest BCUT2D eigenvalue weighted by atomic mass is 10.2. The monoisotopic (exact) mass is 335 g/mol. The fraction of sp³-hybridized carbons (Fsp3) is 0.412. The van der Waals surface area contributed by atoms with Gasteiger partial charge in [0.2, 0.25) is 0 Å². The van der Waals surface area contributed by atoms with Crippen molar-refractivity contribution in [1.82, 2.24) is 14.7 Å². The van der Waals surface area contributed by atoms with Gasteiger partial charge in [0.1, 0.15) is 0 Å². The summed E-state index contributed by atoms with van der Waals surface area (Å²) in [5.74, 6) is -0.190. The first-order chi connectivity index (χ1) is 10.8. The lowest BCUT2D eigenvalue weighted by Crippen LogP contribution is -2.41. The van der Waals surface area contributed by atoms with Gasteiger partial charge in [0.25, 0.3) is 5.91 Å². The molecule has 0 saturated carbocycles. The van der Waals surface area contributed by atoms with Crippen LogP contribution in [0.5, 0.6) is 0 Å². The van der Waals surface area contributed by atoms with E-state index >= 15 is 0 Å². The molecule has 0 aliphatic heterocycles. The molecule has 2 aromatic rings. The van der Waals surface area contributed by atoms with E-state index in [0.29, 0.717) is 10.7 Å². The molecular weight excluding hydrogens is 314 g/mol. The molecule has 23 heavy (non-hydrogen) atoms. The third-order valence-corrected chi connectivity index (χ3v) is 3.74. The molecule has 0 radical (unpaired) electrons. The number of benzene rings is 1. The Balaban J connectivity index is 2.34. The molecule has 5 nitrogen and oxygen atoms in total. The van der Waals surface area contributed by atoms with Crippen LogP contribution < -0.4 is 0 Å². The lowest BCUT2D eigenvalue weighted by Gasteiger charge is -2.27. The highest BCUT2D eigenvalue weighted by Crippen LogP contribution is 2.18. The molecule has 0 bridgehead atoms. The standard InChI is InChI=1S/C17H22ClN3O2/c1-11(2)20(10-13(4)22)17(23)16-8-12(3)21(19-16)15-7-5-6-14(18)9-15/h5-9,11,13,22H,10H2,1-4H3. The van der Waals surface area contributed by atoms with Gasteiger partial charge < -0.3 is 10.0 Å². The highest BCUT2D eigenvalue weighted by molar-refractivity contribution is 6.30. The molecule has 1 atom stereocenters. The van der Waals surface area contributed by atoms with Crippen LogP contribution in [0.3, 0.4) is 0 Å². The number of nitrogens with zero attached hydrogens (tertiary/aromatic N) is 3. The summed E-state index contributed by atoms with van der Waals surface area (Å²) in [4.78, 5) is 14.3. The third-order valence-electron chi connectivity index (χ3n) is 3.50. The van der Waals surface area contributed by atoms with Crippen molar-refractivity contribution in [3.63, 3.8) is 0 Å². The van der Waals surface area contributed by atoms with Gasteiger partial charge in [-0.05, 0) is 52.0 Å². The third kappa shape index (κ3) is 4.12. The summed E-state index contributed by atoms with van der Waals surface area (Å²) in [7, 11) is 0. The Labute approximate surface area is 141 Å². The Morgan fingerprint density at radius 1 is 1.35 bits per heavy atom. The van der Waals surface area contributed by atoms with E-state index in [2.05, 4.69) is 5.10 Å². The second-order valence-corrected chi connectivity index (χ2v) is 6.40. The van der Waals surface area contributed by atoms with Crippen molar-refractivity contribution >= 4 is 17.5 Å². The zero-order valence-electron chi connectivity index (χ0n) is 13.8. The Bertz CT molecular complexity index is 695. The van der Waals surface area contributed by atoms with E-state index in [4.69, 9.17) is 11.6 Å². The van der Waals surface area contributed by atoms with Gasteiger partial charge in [-0.25, -0.2) is 4.68 Å². The maximum absolute atomic E-state index is 12.7. The molecule has 1 aromatic carbocycles. The molecule has 6 heteroatoms. The van der Waals surface area contributed by atoms with Crippen molar-refractivity contribution in [3.05, 3.63) is 46.7 Å². The van der Waals surface area contributed by atoms with Crippen LogP contribution in [0.15, 0.2) is 30.3 Å². The summed E-state index contributed by atoms with van der Waals surface area (Å²) in [5.41, 5.74) is 2.01. The van der Waals surface area contributed by atoms with E-state index in [1.54, 1.807) is 34.7 Å². The summed E-state index contributed by atoms with van der Waals surface area (Å²) >= 11 is 6.02. The largest absolute Gasteiger partial charge is 0.392 e. The molecule has 1 aromatic heterocycles. The topological polar surface area (TPSA) is 58.4 Å². The van der Waals surface area contributed by atoms with Gasteiger partial charge in [0.05, 0.1) is 11.8 Å². The molecule has 1 unspecified atom stereocenters. The van der Waals surface area contributed by atoms with E-state index in [1.807, 2.05) is 32.9 Å². The first kappa shape index (κ1) is 17.5. The predicted octanol–water partition coefficient (Wildman–Crippen LogP) is 3.07. The number of aliphatic hydroxyl groups is 1. The molecule has 2 rings (SSSR count). The van der Waals surface area contributed by atoms with Crippen molar-refractivity contribution in [2.24, 2.45) is 0 Å². The molecule has 0 spiro atoms. The lowest BCUT2D eigenvalue weighted by molar-refractivity contribution is 0.0572. The van der Waals surface area contributed by atoms with Crippen LogP contribution >= 0.6 is 11.6 Å². The van der Waals surface area contributed by atoms with Crippen LogP contribution in [0, 0.1) is 6.92 Å². The molecular formula is C17H22ClN3O2. The van der Waals surface area contributed by atoms with Gasteiger partial charge in [-0.15, -0.1) is 0 Å². The molecule has 0 aliphatic rings. The van der Waals surface area contributed by atoms with Gasteiger partial charge in [-0.2, -0.15) is 5.10 Å². The van der Waals surface area contributed by atoms with Gasteiger partial charge in [0.15, 0.2) is 5.69 Å². The van der Waals surface area contributed by atoms with E-state index in [0.717, 1.165) is 11.4 Å². The van der Waals surface area contributed by atoms with Crippen LogP contribution in [0.2, 0.25) is 5.02 Å². The minimum absolute atomic E-state index is 0.0197. The Hall–Kier alpha value is -1.85. The first-order valence-electron chi connectivity index (χ1n) is 7.61. The number of carbonyl (C=O) groups excluding carboxylic acids is 1. The van der Waals surface area contributed by atoms with Crippen LogP contribution in [0.4, 0.5) is 0 Å². The summed E-state index contributed by atoms with van der Waals surface area (Å²) in [6.07, 6.45) is -0.586. The number of hydrogen-bond donors (Lipinski definition) is 1. The minimum Gasteiger partial charge on any atom is -0.392 e.